The quantitative estimate of drug-likeness (QED) is 0.691. The van der Waals surface area contributed by atoms with Gasteiger partial charge in [0.2, 0.25) is 5.12 Å². The van der Waals surface area contributed by atoms with E-state index in [0.717, 1.165) is 11.8 Å². The minimum Gasteiger partial charge on any atom is -0.374 e. The van der Waals surface area contributed by atoms with E-state index in [-0.39, 0.29) is 17.0 Å². The third-order valence-corrected chi connectivity index (χ3v) is 3.07. The Balaban J connectivity index is 2.48. The summed E-state index contributed by atoms with van der Waals surface area (Å²) in [5, 5.41) is 2.90. The highest BCUT2D eigenvalue weighted by atomic mass is 32.2. The Kier molecular flexibility index (Phi) is 2.00. The highest BCUT2D eigenvalue weighted by Crippen LogP contribution is 2.35. The first-order chi connectivity index (χ1) is 6.18. The second-order valence-electron chi connectivity index (χ2n) is 2.90. The summed E-state index contributed by atoms with van der Waals surface area (Å²) in [6, 6.07) is 4.52. The molecule has 1 aliphatic heterocycles. The van der Waals surface area contributed by atoms with Crippen LogP contribution in [-0.2, 0) is 4.79 Å². The average Bonchev–Trinajstić information content (AvgIpc) is 2.09. The lowest BCUT2D eigenvalue weighted by atomic mass is 10.2. The van der Waals surface area contributed by atoms with Gasteiger partial charge in [-0.25, -0.2) is 4.39 Å². The van der Waals surface area contributed by atoms with Crippen LogP contribution >= 0.6 is 11.8 Å². The number of nitrogens with one attached hydrogen (secondary N) is 1. The summed E-state index contributed by atoms with van der Waals surface area (Å²) in [6.07, 6.45) is 0. The van der Waals surface area contributed by atoms with Gasteiger partial charge in [-0.05, 0) is 30.8 Å². The molecule has 0 amide bonds. The molecular formula is C9H8FNOS. The maximum absolute atomic E-state index is 13.2. The van der Waals surface area contributed by atoms with Crippen molar-refractivity contribution in [2.45, 2.75) is 17.9 Å². The molecule has 2 nitrogen and oxygen atoms in total. The van der Waals surface area contributed by atoms with Crippen LogP contribution in [-0.4, -0.2) is 11.2 Å². The van der Waals surface area contributed by atoms with Crippen LogP contribution < -0.4 is 5.32 Å². The molecule has 1 aromatic carbocycles. The molecule has 0 radical (unpaired) electrons. The Labute approximate surface area is 79.5 Å². The number of hydrogen-bond acceptors (Lipinski definition) is 3. The molecule has 2 rings (SSSR count). The first kappa shape index (κ1) is 8.56. The van der Waals surface area contributed by atoms with Gasteiger partial charge in [0, 0.05) is 0 Å². The summed E-state index contributed by atoms with van der Waals surface area (Å²) in [5.41, 5.74) is 0.706. The van der Waals surface area contributed by atoms with E-state index in [9.17, 15) is 9.18 Å². The molecule has 0 aliphatic carbocycles. The molecule has 1 aliphatic rings. The molecule has 0 bridgehead atoms. The summed E-state index contributed by atoms with van der Waals surface area (Å²) >= 11 is 0.970. The van der Waals surface area contributed by atoms with Gasteiger partial charge in [0.25, 0.3) is 0 Å². The number of halogens is 1. The monoisotopic (exact) mass is 197 g/mol. The zero-order valence-corrected chi connectivity index (χ0v) is 7.82. The zero-order valence-electron chi connectivity index (χ0n) is 7.00. The van der Waals surface area contributed by atoms with Crippen molar-refractivity contribution < 1.29 is 9.18 Å². The van der Waals surface area contributed by atoms with Gasteiger partial charge in [-0.2, -0.15) is 0 Å². The van der Waals surface area contributed by atoms with Gasteiger partial charge in [-0.1, -0.05) is 6.07 Å². The van der Waals surface area contributed by atoms with Crippen molar-refractivity contribution in [3.8, 4) is 0 Å². The molecule has 1 heterocycles. The van der Waals surface area contributed by atoms with Crippen LogP contribution in [0.5, 0.6) is 0 Å². The topological polar surface area (TPSA) is 29.1 Å². The van der Waals surface area contributed by atoms with E-state index >= 15 is 0 Å². The number of thioether (sulfide) groups is 1. The number of rotatable bonds is 0. The van der Waals surface area contributed by atoms with Gasteiger partial charge in [-0.3, -0.25) is 4.79 Å². The number of anilines is 1. The molecule has 1 N–H and O–H groups in total. The van der Waals surface area contributed by atoms with E-state index in [4.69, 9.17) is 0 Å². The lowest BCUT2D eigenvalue weighted by molar-refractivity contribution is -0.111. The minimum atomic E-state index is -0.338. The summed E-state index contributed by atoms with van der Waals surface area (Å²) in [4.78, 5) is 11.7. The van der Waals surface area contributed by atoms with Crippen molar-refractivity contribution in [2.24, 2.45) is 0 Å². The van der Waals surface area contributed by atoms with E-state index in [1.165, 1.54) is 6.07 Å². The largest absolute Gasteiger partial charge is 0.374 e. The minimum absolute atomic E-state index is 0.0439. The summed E-state index contributed by atoms with van der Waals surface area (Å²) in [7, 11) is 0. The first-order valence-corrected chi connectivity index (χ1v) is 4.77. The standard InChI is InChI=1S/C9H8FNOS/c1-5-9(12)13-8-6(10)3-2-4-7(8)11-5/h2-5,11H,1H3. The Morgan fingerprint density at radius 2 is 2.31 bits per heavy atom. The van der Waals surface area contributed by atoms with Crippen LogP contribution in [0.25, 0.3) is 0 Å². The normalized spacial score (nSPS) is 20.8. The fraction of sp³-hybridized carbons (Fsp3) is 0.222. The molecule has 0 spiro atoms. The maximum atomic E-state index is 13.2. The van der Waals surface area contributed by atoms with Crippen LogP contribution in [0.1, 0.15) is 6.92 Å². The fourth-order valence-corrected chi connectivity index (χ4v) is 2.05. The highest BCUT2D eigenvalue weighted by molar-refractivity contribution is 8.14. The fourth-order valence-electron chi connectivity index (χ4n) is 1.21. The van der Waals surface area contributed by atoms with E-state index < -0.39 is 0 Å². The molecule has 0 saturated heterocycles. The van der Waals surface area contributed by atoms with Crippen LogP contribution in [0.15, 0.2) is 23.1 Å². The maximum Gasteiger partial charge on any atom is 0.215 e. The third-order valence-electron chi connectivity index (χ3n) is 1.90. The van der Waals surface area contributed by atoms with Crippen LogP contribution in [0.3, 0.4) is 0 Å². The predicted octanol–water partition coefficient (Wildman–Crippen LogP) is 2.26. The molecule has 0 saturated carbocycles. The Morgan fingerprint density at radius 3 is 3.08 bits per heavy atom. The van der Waals surface area contributed by atoms with E-state index in [1.54, 1.807) is 19.1 Å². The van der Waals surface area contributed by atoms with Crippen molar-refractivity contribution in [3.05, 3.63) is 24.0 Å². The third kappa shape index (κ3) is 1.42. The Morgan fingerprint density at radius 1 is 1.54 bits per heavy atom. The van der Waals surface area contributed by atoms with Crippen molar-refractivity contribution in [1.29, 1.82) is 0 Å². The first-order valence-electron chi connectivity index (χ1n) is 3.95. The molecule has 1 aromatic rings. The SMILES string of the molecule is CC1Nc2cccc(F)c2SC1=O. The van der Waals surface area contributed by atoms with Gasteiger partial charge in [0.15, 0.2) is 0 Å². The van der Waals surface area contributed by atoms with Gasteiger partial charge in [0.05, 0.1) is 16.6 Å². The molecule has 68 valence electrons. The lowest BCUT2D eigenvalue weighted by Crippen LogP contribution is -2.27. The van der Waals surface area contributed by atoms with Crippen LogP contribution in [0.4, 0.5) is 10.1 Å². The lowest BCUT2D eigenvalue weighted by Gasteiger charge is -2.22. The number of benzene rings is 1. The molecule has 0 aromatic heterocycles. The summed E-state index contributed by atoms with van der Waals surface area (Å²) < 4.78 is 13.2. The average molecular weight is 197 g/mol. The second-order valence-corrected chi connectivity index (χ2v) is 3.92. The smallest absolute Gasteiger partial charge is 0.215 e. The number of hydrogen-bond donors (Lipinski definition) is 1. The zero-order chi connectivity index (χ0) is 9.42. The van der Waals surface area contributed by atoms with Crippen molar-refractivity contribution in [3.63, 3.8) is 0 Å². The molecule has 1 atom stereocenters. The van der Waals surface area contributed by atoms with E-state index in [1.807, 2.05) is 0 Å². The summed E-state index contributed by atoms with van der Waals surface area (Å²) in [5.74, 6) is -0.338. The number of fused-ring (bicyclic) bond motifs is 1. The second kappa shape index (κ2) is 3.03. The van der Waals surface area contributed by atoms with Crippen LogP contribution in [0.2, 0.25) is 0 Å². The Hall–Kier alpha value is -1.03. The van der Waals surface area contributed by atoms with Crippen molar-refractivity contribution >= 4 is 22.6 Å². The van der Waals surface area contributed by atoms with E-state index in [0.29, 0.717) is 10.6 Å². The Bertz CT molecular complexity index is 367. The van der Waals surface area contributed by atoms with Gasteiger partial charge < -0.3 is 5.32 Å². The van der Waals surface area contributed by atoms with Gasteiger partial charge in [-0.15, -0.1) is 0 Å². The summed E-state index contributed by atoms with van der Waals surface area (Å²) in [6.45, 7) is 1.77. The molecule has 13 heavy (non-hydrogen) atoms. The van der Waals surface area contributed by atoms with Gasteiger partial charge in [0.1, 0.15) is 5.82 Å². The molecular weight excluding hydrogens is 189 g/mol. The van der Waals surface area contributed by atoms with Crippen LogP contribution in [0, 0.1) is 5.82 Å². The number of carbonyl (C=O) groups excluding carboxylic acids is 1. The van der Waals surface area contributed by atoms with E-state index in [2.05, 4.69) is 5.32 Å². The predicted molar refractivity (Wildman–Crippen MR) is 50.3 cm³/mol. The highest BCUT2D eigenvalue weighted by Gasteiger charge is 2.24. The number of carbonyl (C=O) groups is 1. The molecule has 0 fully saturated rings. The molecule has 4 heteroatoms. The van der Waals surface area contributed by atoms with Crippen molar-refractivity contribution in [1.82, 2.24) is 0 Å². The van der Waals surface area contributed by atoms with Crippen molar-refractivity contribution in [2.75, 3.05) is 5.32 Å². The molecule has 1 unspecified atom stereocenters. The van der Waals surface area contributed by atoms with Gasteiger partial charge >= 0.3 is 0 Å².